The maximum Gasteiger partial charge on any atom is 0.306 e. The minimum Gasteiger partial charge on any atom is -0.497 e. The molecule has 2 aromatic carbocycles. The minimum atomic E-state index is -0.311. The number of rotatable bonds is 8. The third-order valence-corrected chi connectivity index (χ3v) is 4.08. The summed E-state index contributed by atoms with van der Waals surface area (Å²) in [5.41, 5.74) is 3.06. The molecule has 0 bridgehead atoms. The van der Waals surface area contributed by atoms with E-state index in [1.165, 1.54) is 0 Å². The van der Waals surface area contributed by atoms with Crippen molar-refractivity contribution < 1.29 is 19.0 Å². The first-order chi connectivity index (χ1) is 13.1. The topological polar surface area (TPSA) is 68.6 Å². The van der Waals surface area contributed by atoms with Crippen LogP contribution in [0, 0.1) is 11.3 Å². The Hall–Kier alpha value is -3.26. The number of esters is 1. The number of benzene rings is 2. The van der Waals surface area contributed by atoms with E-state index in [9.17, 15) is 10.1 Å². The van der Waals surface area contributed by atoms with E-state index in [0.29, 0.717) is 18.6 Å². The zero-order chi connectivity index (χ0) is 19.6. The van der Waals surface area contributed by atoms with E-state index in [4.69, 9.17) is 14.2 Å². The monoisotopic (exact) mass is 365 g/mol. The van der Waals surface area contributed by atoms with Crippen LogP contribution in [0.2, 0.25) is 0 Å². The number of hydrogen-bond acceptors (Lipinski definition) is 5. The Morgan fingerprint density at radius 2 is 1.37 bits per heavy atom. The molecule has 0 aliphatic heterocycles. The molecule has 0 fully saturated rings. The summed E-state index contributed by atoms with van der Waals surface area (Å²) in [4.78, 5) is 11.7. The van der Waals surface area contributed by atoms with Gasteiger partial charge >= 0.3 is 5.97 Å². The van der Waals surface area contributed by atoms with Crippen LogP contribution in [0.3, 0.4) is 0 Å². The minimum absolute atomic E-state index is 0.159. The fourth-order valence-electron chi connectivity index (χ4n) is 2.73. The lowest BCUT2D eigenvalue weighted by Gasteiger charge is -2.13. The highest BCUT2D eigenvalue weighted by Crippen LogP contribution is 2.31. The van der Waals surface area contributed by atoms with Gasteiger partial charge in [-0.05, 0) is 48.7 Å². The Labute approximate surface area is 159 Å². The first-order valence-corrected chi connectivity index (χ1v) is 8.70. The molecule has 0 aromatic heterocycles. The summed E-state index contributed by atoms with van der Waals surface area (Å²) in [5.74, 6) is 1.16. The van der Waals surface area contributed by atoms with Crippen LogP contribution in [0.4, 0.5) is 0 Å². The van der Waals surface area contributed by atoms with Crippen molar-refractivity contribution in [2.24, 2.45) is 0 Å². The fourth-order valence-corrected chi connectivity index (χ4v) is 2.73. The fraction of sp³-hybridized carbons (Fsp3) is 0.273. The van der Waals surface area contributed by atoms with E-state index in [1.807, 2.05) is 48.5 Å². The van der Waals surface area contributed by atoms with E-state index in [0.717, 1.165) is 28.2 Å². The van der Waals surface area contributed by atoms with Crippen molar-refractivity contribution in [1.29, 1.82) is 5.26 Å². The number of ether oxygens (including phenoxy) is 3. The lowest BCUT2D eigenvalue weighted by Crippen LogP contribution is -2.04. The number of hydrogen-bond donors (Lipinski definition) is 0. The Morgan fingerprint density at radius 1 is 0.889 bits per heavy atom. The quantitative estimate of drug-likeness (QED) is 0.513. The summed E-state index contributed by atoms with van der Waals surface area (Å²) in [6.07, 6.45) is 0.468. The van der Waals surface area contributed by atoms with Crippen molar-refractivity contribution in [3.8, 4) is 17.6 Å². The molecule has 0 N–H and O–H groups in total. The molecule has 0 heterocycles. The Balaban J connectivity index is 2.48. The number of methoxy groups -OCH3 is 2. The van der Waals surface area contributed by atoms with Gasteiger partial charge in [-0.3, -0.25) is 4.79 Å². The number of allylic oxidation sites excluding steroid dienone is 1. The van der Waals surface area contributed by atoms with Crippen LogP contribution < -0.4 is 9.47 Å². The highest BCUT2D eigenvalue weighted by Gasteiger charge is 2.14. The molecule has 0 atom stereocenters. The molecular formula is C22H23NO4. The standard InChI is InChI=1S/C22H23NO4/c1-4-27-21(24)14-9-18(15-23)22(16-5-10-19(25-2)11-6-16)17-7-12-20(26-3)13-8-17/h5-8,10-13H,4,9,14H2,1-3H3. The zero-order valence-corrected chi connectivity index (χ0v) is 15.8. The Bertz CT molecular complexity index is 781. The molecule has 0 amide bonds. The van der Waals surface area contributed by atoms with Gasteiger partial charge in [0.2, 0.25) is 0 Å². The molecule has 27 heavy (non-hydrogen) atoms. The van der Waals surface area contributed by atoms with Gasteiger partial charge in [0.25, 0.3) is 0 Å². The number of nitrogens with zero attached hydrogens (tertiary/aromatic N) is 1. The lowest BCUT2D eigenvalue weighted by molar-refractivity contribution is -0.143. The largest absolute Gasteiger partial charge is 0.497 e. The molecule has 5 heteroatoms. The van der Waals surface area contributed by atoms with Crippen molar-refractivity contribution >= 4 is 11.5 Å². The Kier molecular flexibility index (Phi) is 7.45. The number of carbonyl (C=O) groups excluding carboxylic acids is 1. The van der Waals surface area contributed by atoms with Crippen LogP contribution in [0.25, 0.3) is 5.57 Å². The average Bonchev–Trinajstić information content (AvgIpc) is 2.71. The lowest BCUT2D eigenvalue weighted by atomic mass is 9.91. The van der Waals surface area contributed by atoms with Gasteiger partial charge in [-0.25, -0.2) is 0 Å². The maximum atomic E-state index is 11.7. The molecule has 0 aliphatic carbocycles. The van der Waals surface area contributed by atoms with E-state index < -0.39 is 0 Å². The van der Waals surface area contributed by atoms with Crippen LogP contribution >= 0.6 is 0 Å². The molecule has 0 aliphatic rings. The molecule has 5 nitrogen and oxygen atoms in total. The van der Waals surface area contributed by atoms with Gasteiger partial charge in [-0.2, -0.15) is 5.26 Å². The van der Waals surface area contributed by atoms with E-state index >= 15 is 0 Å². The molecule has 2 rings (SSSR count). The second kappa shape index (κ2) is 10.0. The van der Waals surface area contributed by atoms with Gasteiger partial charge in [-0.1, -0.05) is 24.3 Å². The predicted molar refractivity (Wildman–Crippen MR) is 103 cm³/mol. The van der Waals surface area contributed by atoms with Crippen LogP contribution in [-0.2, 0) is 9.53 Å². The molecule has 140 valence electrons. The highest BCUT2D eigenvalue weighted by atomic mass is 16.5. The third-order valence-electron chi connectivity index (χ3n) is 4.08. The second-order valence-electron chi connectivity index (χ2n) is 5.73. The summed E-state index contributed by atoms with van der Waals surface area (Å²) in [6, 6.07) is 17.3. The van der Waals surface area contributed by atoms with Crippen molar-refractivity contribution in [2.45, 2.75) is 19.8 Å². The van der Waals surface area contributed by atoms with Gasteiger partial charge in [-0.15, -0.1) is 0 Å². The summed E-state index contributed by atoms with van der Waals surface area (Å²) >= 11 is 0. The van der Waals surface area contributed by atoms with Crippen LogP contribution in [-0.4, -0.2) is 26.8 Å². The van der Waals surface area contributed by atoms with Gasteiger partial charge < -0.3 is 14.2 Å². The van der Waals surface area contributed by atoms with Gasteiger partial charge in [0.05, 0.1) is 33.3 Å². The molecule has 0 saturated heterocycles. The molecule has 2 aromatic rings. The second-order valence-corrected chi connectivity index (χ2v) is 5.73. The van der Waals surface area contributed by atoms with Crippen molar-refractivity contribution in [2.75, 3.05) is 20.8 Å². The first kappa shape index (κ1) is 20.1. The number of nitriles is 1. The number of carbonyl (C=O) groups is 1. The van der Waals surface area contributed by atoms with Gasteiger partial charge in [0.1, 0.15) is 11.5 Å². The summed E-state index contributed by atoms with van der Waals surface area (Å²) in [6.45, 7) is 2.09. The van der Waals surface area contributed by atoms with Crippen LogP contribution in [0.5, 0.6) is 11.5 Å². The zero-order valence-electron chi connectivity index (χ0n) is 15.8. The van der Waals surface area contributed by atoms with Crippen LogP contribution in [0.15, 0.2) is 54.1 Å². The van der Waals surface area contributed by atoms with Crippen molar-refractivity contribution in [1.82, 2.24) is 0 Å². The third kappa shape index (κ3) is 5.35. The van der Waals surface area contributed by atoms with E-state index in [-0.39, 0.29) is 12.4 Å². The molecule has 0 spiro atoms. The summed E-state index contributed by atoms with van der Waals surface area (Å²) in [7, 11) is 3.21. The molecule has 0 unspecified atom stereocenters. The summed E-state index contributed by atoms with van der Waals surface area (Å²) < 4.78 is 15.4. The summed E-state index contributed by atoms with van der Waals surface area (Å²) in [5, 5.41) is 9.75. The normalized spacial score (nSPS) is 9.85. The van der Waals surface area contributed by atoms with E-state index in [2.05, 4.69) is 6.07 Å². The van der Waals surface area contributed by atoms with Gasteiger partial charge in [0, 0.05) is 11.1 Å². The molecule has 0 radical (unpaired) electrons. The van der Waals surface area contributed by atoms with Gasteiger partial charge in [0.15, 0.2) is 0 Å². The average molecular weight is 365 g/mol. The highest BCUT2D eigenvalue weighted by molar-refractivity contribution is 5.85. The van der Waals surface area contributed by atoms with Crippen molar-refractivity contribution in [3.05, 3.63) is 65.2 Å². The van der Waals surface area contributed by atoms with Crippen molar-refractivity contribution in [3.63, 3.8) is 0 Å². The SMILES string of the molecule is CCOC(=O)CCC(C#N)=C(c1ccc(OC)cc1)c1ccc(OC)cc1. The van der Waals surface area contributed by atoms with Crippen LogP contribution in [0.1, 0.15) is 30.9 Å². The maximum absolute atomic E-state index is 11.7. The molecule has 0 saturated carbocycles. The first-order valence-electron chi connectivity index (χ1n) is 8.70. The van der Waals surface area contributed by atoms with E-state index in [1.54, 1.807) is 21.1 Å². The Morgan fingerprint density at radius 3 is 1.74 bits per heavy atom. The smallest absolute Gasteiger partial charge is 0.306 e. The predicted octanol–water partition coefficient (Wildman–Crippen LogP) is 4.37. The molecular weight excluding hydrogens is 342 g/mol.